The zero-order valence-electron chi connectivity index (χ0n) is 57.1. The Bertz CT molecular complexity index is 5380. The number of rotatable bonds is 24. The average Bonchev–Trinajstić information content (AvgIpc) is 1.59. The van der Waals surface area contributed by atoms with Gasteiger partial charge in [-0.25, -0.2) is 9.97 Å². The van der Waals surface area contributed by atoms with Crippen LogP contribution >= 0.6 is 0 Å². The SMILES string of the molecule is [B][10B]C1[10B]([B])C1([10B][B])Cc1ccc(Oc2cccc3c2-c2nc-3nc3[n-]c(nc4nc(nc5[n-]c(n2)c2cccc(Oc6ccc(CC7([10B][B])[10B]([B])C7[10B][B])cc6)c52)-c2c(Oc5ccc(CC6([10B][B])[10B]([B])C6[10B][B])cc5)cccc2-4)c2c(Oc4ccc(CC5([10B][B])[10B]([B])C5[10B][B])cc4)cccc32)cc1.[Zn+2]. The first-order chi connectivity index (χ1) is 50.6. The summed E-state index contributed by atoms with van der Waals surface area (Å²) in [6, 6.07) is 53.9. The molecule has 8 aromatic carbocycles. The van der Waals surface area contributed by atoms with Gasteiger partial charge in [0.15, 0.2) is 0 Å². The van der Waals surface area contributed by atoms with Crippen molar-refractivity contribution < 1.29 is 38.4 Å². The van der Waals surface area contributed by atoms with E-state index in [2.05, 4.69) is 0 Å². The molecule has 8 unspecified atom stereocenters. The van der Waals surface area contributed by atoms with Gasteiger partial charge in [-0.1, -0.05) is 97.1 Å². The van der Waals surface area contributed by atoms with Gasteiger partial charge < -0.3 is 48.9 Å². The molecule has 11 aromatic rings. The van der Waals surface area contributed by atoms with E-state index in [0.717, 1.165) is 22.3 Å². The molecule has 4 fully saturated rings. The normalized spacial score (nSPS) is 21.9. The second-order valence-corrected chi connectivity index (χ2v) is 28.0. The molecule has 0 amide bonds. The van der Waals surface area contributed by atoms with E-state index in [1.807, 2.05) is 170 Å². The summed E-state index contributed by atoms with van der Waals surface area (Å²) in [6.07, 6.45) is 2.37. The van der Waals surface area contributed by atoms with E-state index in [1.54, 1.807) is 57.4 Å². The molecule has 0 N–H and O–H groups in total. The Kier molecular flexibility index (Phi) is 19.3. The van der Waals surface area contributed by atoms with Crippen LogP contribution in [0.1, 0.15) is 22.3 Å². The molecule has 17 rings (SSSR count). The number of fused-ring (bicyclic) bond motifs is 20. The van der Waals surface area contributed by atoms with Crippen molar-refractivity contribution in [3.05, 3.63) is 192 Å². The molecular formula is C68H40B24N8O4Zn. The first kappa shape index (κ1) is 71.7. The standard InChI is InChI=1S/C68H40B24N8O4.Zn/c69-81-61-65(85-73,89(61)77)29-33-13-21-37(22-14-33)101-45-9-1-5-41-49(45)57-94-53(41)93-54-42-6-2-10-46(102-38-23-15-34(16-24-38)30-66(86-74)62(82-70)90(66)78)50(42)58(95-54)97-56-44-8-4-12-48(104-40-27-19-36(20-28-40)32-68(88-76)64(84-72)92(68)80)52(44)60(99-56)100-59-51-43(55(96-57)98-59)7-3-11-47(51)103-39-25-17-35(18-26-39)31-67(87-75)63(83-71)91(67)79;/h1-28,61-64H,29-32H2;/q-2;+2/i81-1,82-1,83-1,84-1,85-1,86-1,87-1,88-1,89-1,90-1,91-1,92-1;. The van der Waals surface area contributed by atoms with Crippen LogP contribution in [-0.2, 0) is 45.2 Å². The van der Waals surface area contributed by atoms with Crippen LogP contribution in [0.25, 0.3) is 89.7 Å². The topological polar surface area (TPSA) is 142 Å². The van der Waals surface area contributed by atoms with Crippen LogP contribution in [0.4, 0.5) is 0 Å². The first-order valence-corrected chi connectivity index (χ1v) is 34.4. The van der Waals surface area contributed by atoms with Crippen LogP contribution in [0.3, 0.4) is 0 Å². The summed E-state index contributed by atoms with van der Waals surface area (Å²) in [5.41, 5.74) is 7.13. The summed E-state index contributed by atoms with van der Waals surface area (Å²) in [5.74, 6) is 4.91. The van der Waals surface area contributed by atoms with Gasteiger partial charge in [-0.15, -0.1) is 43.7 Å². The minimum absolute atomic E-state index is 0. The summed E-state index contributed by atoms with van der Waals surface area (Å²) in [4.78, 5) is 42.8. The molecule has 450 valence electrons. The van der Waals surface area contributed by atoms with Gasteiger partial charge in [-0.2, -0.15) is 0 Å². The number of hydrogen-bond acceptors (Lipinski definition) is 10. The van der Waals surface area contributed by atoms with Gasteiger partial charge in [0.2, 0.25) is 0 Å². The van der Waals surface area contributed by atoms with Gasteiger partial charge in [-0.3, -0.25) is 0 Å². The Morgan fingerprint density at radius 1 is 0.324 bits per heavy atom. The predicted molar refractivity (Wildman–Crippen MR) is 439 cm³/mol. The van der Waals surface area contributed by atoms with Crippen molar-refractivity contribution in [1.82, 2.24) is 39.9 Å². The summed E-state index contributed by atoms with van der Waals surface area (Å²) < 4.78 is 27.6. The Labute approximate surface area is 647 Å². The monoisotopic (exact) mass is 1350 g/mol. The second-order valence-electron chi connectivity index (χ2n) is 28.0. The van der Waals surface area contributed by atoms with Crippen molar-refractivity contribution >= 4 is 221 Å². The van der Waals surface area contributed by atoms with Crippen molar-refractivity contribution in [3.63, 3.8) is 0 Å². The molecule has 6 aliphatic heterocycles. The Balaban J connectivity index is 0.00000847. The third kappa shape index (κ3) is 12.3. The van der Waals surface area contributed by atoms with Crippen LogP contribution in [0.15, 0.2) is 170 Å². The van der Waals surface area contributed by atoms with Crippen molar-refractivity contribution in [2.24, 2.45) is 0 Å². The molecule has 8 bridgehead atoms. The van der Waals surface area contributed by atoms with E-state index in [9.17, 15) is 0 Å². The number of ether oxygens (including phenoxy) is 4. The van der Waals surface area contributed by atoms with E-state index < -0.39 is 20.9 Å². The van der Waals surface area contributed by atoms with Crippen LogP contribution in [0.2, 0.25) is 43.7 Å². The maximum absolute atomic E-state index is 6.91. The van der Waals surface area contributed by atoms with E-state index in [-0.39, 0.29) is 115 Å². The predicted octanol–water partition coefficient (Wildman–Crippen LogP) is 6.56. The third-order valence-electron chi connectivity index (χ3n) is 22.4. The molecule has 6 aliphatic rings. The van der Waals surface area contributed by atoms with Gasteiger partial charge in [0.1, 0.15) is 46.0 Å². The maximum Gasteiger partial charge on any atom is 2.00 e. The molecule has 3 aromatic heterocycles. The summed E-state index contributed by atoms with van der Waals surface area (Å²) in [6.45, 7) is -0.755. The molecule has 0 spiro atoms. The molecule has 105 heavy (non-hydrogen) atoms. The fourth-order valence-electron chi connectivity index (χ4n) is 16.0. The second kappa shape index (κ2) is 28.3. The van der Waals surface area contributed by atoms with Crippen molar-refractivity contribution in [2.75, 3.05) is 0 Å². The third-order valence-corrected chi connectivity index (χ3v) is 22.4. The van der Waals surface area contributed by atoms with E-state index >= 15 is 0 Å². The van der Waals surface area contributed by atoms with E-state index in [0.29, 0.717) is 115 Å². The zero-order valence-corrected chi connectivity index (χ0v) is 60.0. The number of aromatic nitrogens is 8. The van der Waals surface area contributed by atoms with Gasteiger partial charge in [0.25, 0.3) is 0 Å². The smallest absolute Gasteiger partial charge is 0.457 e. The molecule has 0 saturated carbocycles. The molecule has 8 atom stereocenters. The minimum Gasteiger partial charge on any atom is -0.457 e. The largest absolute Gasteiger partial charge is 2.00 e. The van der Waals surface area contributed by atoms with Crippen LogP contribution in [0.5, 0.6) is 46.0 Å². The molecular weight excluding hydrogens is 1310 g/mol. The van der Waals surface area contributed by atoms with E-state index in [1.165, 1.54) is 0 Å². The van der Waals surface area contributed by atoms with Crippen LogP contribution in [0, 0.1) is 0 Å². The first-order valence-electron chi connectivity index (χ1n) is 34.4. The van der Waals surface area contributed by atoms with Crippen molar-refractivity contribution in [2.45, 2.75) is 69.4 Å². The van der Waals surface area contributed by atoms with Crippen LogP contribution in [-0.4, -0.2) is 207 Å². The fraction of sp³-hybridized carbons (Fsp3) is 0.176. The number of benzene rings is 8. The Morgan fingerprint density at radius 3 is 0.886 bits per heavy atom. The Morgan fingerprint density at radius 2 is 0.590 bits per heavy atom. The van der Waals surface area contributed by atoms with Gasteiger partial charge >= 0.3 is 19.5 Å². The summed E-state index contributed by atoms with van der Waals surface area (Å²) in [7, 11) is 88.0. The number of nitrogens with zero attached hydrogens (tertiary/aromatic N) is 8. The summed E-state index contributed by atoms with van der Waals surface area (Å²) in [5, 5.41) is 0.454. The average molecular weight is 1350 g/mol. The van der Waals surface area contributed by atoms with Crippen LogP contribution < -0.4 is 28.9 Å². The minimum atomic E-state index is -0.454. The van der Waals surface area contributed by atoms with Gasteiger partial charge in [-0.05, 0) is 132 Å². The zero-order chi connectivity index (χ0) is 71.6. The molecule has 0 aliphatic carbocycles. The maximum atomic E-state index is 6.91. The molecule has 32 radical (unpaired) electrons. The fourth-order valence-corrected chi connectivity index (χ4v) is 16.0. The van der Waals surface area contributed by atoms with Crippen molar-refractivity contribution in [3.8, 4) is 91.5 Å². The summed E-state index contributed by atoms with van der Waals surface area (Å²) >= 11 is 0. The van der Waals surface area contributed by atoms with Gasteiger partial charge in [0, 0.05) is 166 Å². The Hall–Kier alpha value is -7.50. The van der Waals surface area contributed by atoms with Crippen molar-refractivity contribution in [1.29, 1.82) is 0 Å². The molecule has 4 saturated heterocycles. The molecule has 9 heterocycles. The van der Waals surface area contributed by atoms with E-state index in [4.69, 9.17) is 152 Å². The van der Waals surface area contributed by atoms with Gasteiger partial charge in [0.05, 0.1) is 89.5 Å². The number of hydrogen-bond donors (Lipinski definition) is 0. The quantitative estimate of drug-likeness (QED) is 0.0605. The molecule has 12 nitrogen and oxygen atoms in total. The molecule has 37 heteroatoms.